The Morgan fingerprint density at radius 3 is 2.15 bits per heavy atom. The van der Waals surface area contributed by atoms with Crippen molar-refractivity contribution in [3.8, 4) is 0 Å². The number of aliphatic carboxylic acids is 1. The van der Waals surface area contributed by atoms with Crippen LogP contribution in [0.4, 0.5) is 0 Å². The highest BCUT2D eigenvalue weighted by atomic mass is 16.4. The molecule has 0 radical (unpaired) electrons. The van der Waals surface area contributed by atoms with E-state index >= 15 is 0 Å². The summed E-state index contributed by atoms with van der Waals surface area (Å²) in [6.07, 6.45) is 13.4. The third-order valence-corrected chi connectivity index (χ3v) is 9.52. The van der Waals surface area contributed by atoms with Crippen LogP contribution in [-0.4, -0.2) is 55.6 Å². The van der Waals surface area contributed by atoms with Crippen LogP contribution in [0.2, 0.25) is 0 Å². The number of benzene rings is 2. The van der Waals surface area contributed by atoms with Gasteiger partial charge in [-0.05, 0) is 56.2 Å². The van der Waals surface area contributed by atoms with Gasteiger partial charge >= 0.3 is 5.97 Å². The fourth-order valence-electron chi connectivity index (χ4n) is 7.67. The van der Waals surface area contributed by atoms with Crippen LogP contribution in [0.3, 0.4) is 0 Å². The number of carboxylic acid groups (broad SMARTS) is 1. The number of rotatable bonds is 7. The Labute approximate surface area is 240 Å². The highest BCUT2D eigenvalue weighted by molar-refractivity contribution is 5.96. The highest BCUT2D eigenvalue weighted by Crippen LogP contribution is 2.44. The Morgan fingerprint density at radius 1 is 0.829 bits per heavy atom. The van der Waals surface area contributed by atoms with Crippen molar-refractivity contribution in [3.05, 3.63) is 76.2 Å². The Bertz CT molecular complexity index is 1430. The van der Waals surface area contributed by atoms with Gasteiger partial charge in [-0.25, -0.2) is 9.78 Å². The Kier molecular flexibility index (Phi) is 8.19. The van der Waals surface area contributed by atoms with Gasteiger partial charge in [0, 0.05) is 30.6 Å². The lowest BCUT2D eigenvalue weighted by Crippen LogP contribution is -2.51. The number of aromatic nitrogens is 2. The molecule has 3 fully saturated rings. The van der Waals surface area contributed by atoms with Gasteiger partial charge in [0.2, 0.25) is 0 Å². The molecule has 6 rings (SSSR count). The third kappa shape index (κ3) is 5.80. The number of nitrogens with one attached hydrogen (secondary N) is 1. The zero-order chi connectivity index (χ0) is 28.3. The minimum atomic E-state index is -1.17. The quantitative estimate of drug-likeness (QED) is 0.420. The number of hydrogen-bond donors (Lipinski definition) is 2. The van der Waals surface area contributed by atoms with Gasteiger partial charge in [-0.1, -0.05) is 74.6 Å². The number of piperidine rings is 1. The first-order valence-corrected chi connectivity index (χ1v) is 15.4. The van der Waals surface area contributed by atoms with Crippen molar-refractivity contribution < 1.29 is 14.7 Å². The molecule has 2 aromatic carbocycles. The molecule has 2 saturated heterocycles. The number of para-hydroxylation sites is 2. The second kappa shape index (κ2) is 12.1. The first-order valence-electron chi connectivity index (χ1n) is 15.4. The molecule has 3 aliphatic rings. The van der Waals surface area contributed by atoms with E-state index in [9.17, 15) is 19.5 Å². The van der Waals surface area contributed by atoms with Gasteiger partial charge in [-0.2, -0.15) is 0 Å². The molecule has 3 atom stereocenters. The number of amides is 1. The topological polar surface area (TPSA) is 105 Å². The molecule has 2 N–H and O–H groups in total. The molecular weight excluding hydrogens is 516 g/mol. The highest BCUT2D eigenvalue weighted by Gasteiger charge is 2.44. The Hall–Kier alpha value is -3.52. The van der Waals surface area contributed by atoms with Crippen molar-refractivity contribution in [1.29, 1.82) is 0 Å². The largest absolute Gasteiger partial charge is 0.480 e. The number of carbonyl (C=O) groups excluding carboxylic acids is 1. The molecular formula is C33H40N4O4. The van der Waals surface area contributed by atoms with E-state index < -0.39 is 23.5 Å². The molecule has 0 spiro atoms. The lowest BCUT2D eigenvalue weighted by molar-refractivity contribution is -0.139. The molecule has 1 aliphatic carbocycles. The van der Waals surface area contributed by atoms with E-state index in [2.05, 4.69) is 15.2 Å². The predicted molar refractivity (Wildman–Crippen MR) is 158 cm³/mol. The lowest BCUT2D eigenvalue weighted by Gasteiger charge is -2.45. The van der Waals surface area contributed by atoms with Gasteiger partial charge in [-0.3, -0.25) is 14.5 Å². The molecule has 216 valence electrons. The zero-order valence-corrected chi connectivity index (χ0v) is 23.6. The molecule has 8 nitrogen and oxygen atoms in total. The molecule has 3 heterocycles. The summed E-state index contributed by atoms with van der Waals surface area (Å²) in [6.45, 7) is 0. The van der Waals surface area contributed by atoms with Crippen LogP contribution in [-0.2, 0) is 11.2 Å². The average molecular weight is 557 g/mol. The molecule has 3 aromatic rings. The summed E-state index contributed by atoms with van der Waals surface area (Å²) in [5, 5.41) is 12.4. The van der Waals surface area contributed by atoms with Crippen molar-refractivity contribution in [2.24, 2.45) is 0 Å². The van der Waals surface area contributed by atoms with Crippen molar-refractivity contribution >= 4 is 22.9 Å². The Morgan fingerprint density at radius 2 is 1.46 bits per heavy atom. The van der Waals surface area contributed by atoms with Gasteiger partial charge in [-0.15, -0.1) is 0 Å². The molecule has 2 aliphatic heterocycles. The summed E-state index contributed by atoms with van der Waals surface area (Å²) in [6, 6.07) is 17.0. The molecule has 8 heteroatoms. The average Bonchev–Trinajstić information content (AvgIpc) is 3.21. The van der Waals surface area contributed by atoms with Gasteiger partial charge in [0.05, 0.1) is 11.0 Å². The van der Waals surface area contributed by atoms with Gasteiger partial charge in [0.1, 0.15) is 6.04 Å². The second-order valence-electron chi connectivity index (χ2n) is 12.1. The predicted octanol–water partition coefficient (Wildman–Crippen LogP) is 5.10. The van der Waals surface area contributed by atoms with Crippen molar-refractivity contribution in [2.75, 3.05) is 0 Å². The maximum absolute atomic E-state index is 14.0. The van der Waals surface area contributed by atoms with Gasteiger partial charge in [0.25, 0.3) is 11.5 Å². The van der Waals surface area contributed by atoms with Crippen molar-refractivity contribution in [1.82, 2.24) is 19.8 Å². The van der Waals surface area contributed by atoms with E-state index in [1.165, 1.54) is 44.9 Å². The maximum Gasteiger partial charge on any atom is 0.326 e. The fourth-order valence-corrected chi connectivity index (χ4v) is 7.67. The first kappa shape index (κ1) is 27.6. The second-order valence-corrected chi connectivity index (χ2v) is 12.1. The van der Waals surface area contributed by atoms with Gasteiger partial charge < -0.3 is 15.0 Å². The third-order valence-electron chi connectivity index (χ3n) is 9.52. The number of fused-ring (bicyclic) bond motifs is 3. The number of nitrogens with zero attached hydrogens (tertiary/aromatic N) is 3. The van der Waals surface area contributed by atoms with Gasteiger partial charge in [0.15, 0.2) is 5.69 Å². The summed E-state index contributed by atoms with van der Waals surface area (Å²) in [4.78, 5) is 46.8. The first-order chi connectivity index (χ1) is 20.0. The molecule has 2 bridgehead atoms. The van der Waals surface area contributed by atoms with E-state index in [1.807, 2.05) is 54.6 Å². The van der Waals surface area contributed by atoms with Crippen molar-refractivity contribution in [3.63, 3.8) is 0 Å². The van der Waals surface area contributed by atoms with Crippen LogP contribution >= 0.6 is 0 Å². The minimum Gasteiger partial charge on any atom is -0.480 e. The molecule has 1 saturated carbocycles. The normalized spacial score (nSPS) is 24.4. The van der Waals surface area contributed by atoms with E-state index in [0.29, 0.717) is 23.6 Å². The van der Waals surface area contributed by atoms with Crippen molar-refractivity contribution in [2.45, 2.75) is 107 Å². The fraction of sp³-hybridized carbons (Fsp3) is 0.515. The molecule has 1 amide bonds. The number of carbonyl (C=O) groups is 2. The smallest absolute Gasteiger partial charge is 0.326 e. The van der Waals surface area contributed by atoms with Crippen LogP contribution in [0.25, 0.3) is 11.0 Å². The van der Waals surface area contributed by atoms with E-state index in [4.69, 9.17) is 0 Å². The van der Waals surface area contributed by atoms with Crippen LogP contribution in [0.15, 0.2) is 59.4 Å². The number of hydrogen-bond acceptors (Lipinski definition) is 5. The monoisotopic (exact) mass is 556 g/mol. The van der Waals surface area contributed by atoms with Crippen LogP contribution in [0.5, 0.6) is 0 Å². The zero-order valence-electron chi connectivity index (χ0n) is 23.6. The standard InChI is InChI=1S/C33H40N4O4/c38-31(35-28(33(40)41)19-22-11-5-4-6-12-22)30-32(39)37(29-16-10-9-15-27(29)34-30)26-20-24-17-18-25(21-26)36(24)23-13-7-2-1-3-8-14-23/h4-6,9-12,15-16,23-26,28H,1-3,7-8,13-14,17-21H2,(H,35,38)(H,40,41). The lowest BCUT2D eigenvalue weighted by atomic mass is 9.89. The number of carboxylic acids is 1. The minimum absolute atomic E-state index is 0.0242. The van der Waals surface area contributed by atoms with E-state index in [1.54, 1.807) is 4.57 Å². The molecule has 41 heavy (non-hydrogen) atoms. The SMILES string of the molecule is O=C(NC(Cc1ccccc1)C(=O)O)c1nc2ccccc2n(C2CC3CCC(C2)N3C2CCCCCCC2)c1=O. The summed E-state index contributed by atoms with van der Waals surface area (Å²) in [5.41, 5.74) is 1.42. The molecule has 3 unspecified atom stereocenters. The Balaban J connectivity index is 1.28. The van der Waals surface area contributed by atoms with Crippen LogP contribution < -0.4 is 10.9 Å². The van der Waals surface area contributed by atoms with E-state index in [0.717, 1.165) is 36.8 Å². The molecule has 1 aromatic heterocycles. The van der Waals surface area contributed by atoms with Crippen LogP contribution in [0, 0.1) is 0 Å². The summed E-state index contributed by atoms with van der Waals surface area (Å²) < 4.78 is 1.80. The summed E-state index contributed by atoms with van der Waals surface area (Å²) in [5.74, 6) is -1.89. The van der Waals surface area contributed by atoms with E-state index in [-0.39, 0.29) is 18.2 Å². The summed E-state index contributed by atoms with van der Waals surface area (Å²) in [7, 11) is 0. The van der Waals surface area contributed by atoms with Crippen LogP contribution in [0.1, 0.15) is 92.7 Å². The maximum atomic E-state index is 14.0. The summed E-state index contributed by atoms with van der Waals surface area (Å²) >= 11 is 0.